The zero-order chi connectivity index (χ0) is 11.5. The Bertz CT molecular complexity index is 484. The molecule has 84 valence electrons. The van der Waals surface area contributed by atoms with Crippen molar-refractivity contribution < 1.29 is 5.11 Å². The summed E-state index contributed by atoms with van der Waals surface area (Å²) in [5, 5.41) is 9.36. The van der Waals surface area contributed by atoms with Crippen LogP contribution in [0.1, 0.15) is 11.6 Å². The molecule has 0 saturated carbocycles. The summed E-state index contributed by atoms with van der Waals surface area (Å²) in [7, 11) is 0. The molecule has 0 aliphatic carbocycles. The molecule has 0 radical (unpaired) electrons. The van der Waals surface area contributed by atoms with E-state index in [1.54, 1.807) is 24.4 Å². The molecule has 1 aromatic heterocycles. The van der Waals surface area contributed by atoms with Gasteiger partial charge >= 0.3 is 0 Å². The Hall–Kier alpha value is -1.33. The van der Waals surface area contributed by atoms with E-state index >= 15 is 0 Å². The summed E-state index contributed by atoms with van der Waals surface area (Å²) in [6.45, 7) is 0.615. The molecular formula is C11H12BrN3O. The summed E-state index contributed by atoms with van der Waals surface area (Å²) in [5.41, 5.74) is 6.95. The average molecular weight is 282 g/mol. The van der Waals surface area contributed by atoms with Gasteiger partial charge in [-0.2, -0.15) is 0 Å². The van der Waals surface area contributed by atoms with Crippen LogP contribution in [0.5, 0.6) is 5.75 Å². The molecule has 0 saturated heterocycles. The molecule has 4 nitrogen and oxygen atoms in total. The molecule has 0 bridgehead atoms. The van der Waals surface area contributed by atoms with Crippen LogP contribution in [0, 0.1) is 0 Å². The Balaban J connectivity index is 2.14. The standard InChI is InChI=1S/C11H12BrN3O/c12-11-14-4-5-15(11)7-10(13)8-2-1-3-9(16)6-8/h1-6,10,16H,7,13H2. The fourth-order valence-electron chi connectivity index (χ4n) is 1.52. The largest absolute Gasteiger partial charge is 0.508 e. The number of halogens is 1. The summed E-state index contributed by atoms with van der Waals surface area (Å²) in [6.07, 6.45) is 3.56. The molecular weight excluding hydrogens is 270 g/mol. The molecule has 0 fully saturated rings. The van der Waals surface area contributed by atoms with E-state index in [0.717, 1.165) is 10.3 Å². The van der Waals surface area contributed by atoms with Gasteiger partial charge in [0.15, 0.2) is 4.73 Å². The van der Waals surface area contributed by atoms with Crippen molar-refractivity contribution in [3.8, 4) is 5.75 Å². The van der Waals surface area contributed by atoms with Gasteiger partial charge in [0.05, 0.1) is 0 Å². The number of phenols is 1. The second-order valence-electron chi connectivity index (χ2n) is 3.55. The van der Waals surface area contributed by atoms with E-state index in [1.807, 2.05) is 16.8 Å². The van der Waals surface area contributed by atoms with Gasteiger partial charge in [-0.05, 0) is 33.6 Å². The van der Waals surface area contributed by atoms with Gasteiger partial charge in [0.2, 0.25) is 0 Å². The van der Waals surface area contributed by atoms with Crippen LogP contribution in [0.2, 0.25) is 0 Å². The van der Waals surface area contributed by atoms with Crippen molar-refractivity contribution in [2.24, 2.45) is 5.73 Å². The second-order valence-corrected chi connectivity index (χ2v) is 4.26. The van der Waals surface area contributed by atoms with Gasteiger partial charge in [-0.15, -0.1) is 0 Å². The number of aromatic hydroxyl groups is 1. The van der Waals surface area contributed by atoms with E-state index in [1.165, 1.54) is 0 Å². The van der Waals surface area contributed by atoms with Crippen molar-refractivity contribution in [3.63, 3.8) is 0 Å². The number of hydrogen-bond acceptors (Lipinski definition) is 3. The van der Waals surface area contributed by atoms with E-state index < -0.39 is 0 Å². The number of imidazole rings is 1. The Kier molecular flexibility index (Phi) is 3.26. The molecule has 0 amide bonds. The lowest BCUT2D eigenvalue weighted by Crippen LogP contribution is -2.17. The highest BCUT2D eigenvalue weighted by Crippen LogP contribution is 2.19. The maximum atomic E-state index is 9.36. The molecule has 0 aliphatic rings. The van der Waals surface area contributed by atoms with Gasteiger partial charge in [0, 0.05) is 25.0 Å². The molecule has 0 aliphatic heterocycles. The lowest BCUT2D eigenvalue weighted by atomic mass is 10.1. The zero-order valence-corrected chi connectivity index (χ0v) is 10.1. The van der Waals surface area contributed by atoms with Crippen LogP contribution in [0.4, 0.5) is 0 Å². The highest BCUT2D eigenvalue weighted by molar-refractivity contribution is 9.10. The van der Waals surface area contributed by atoms with E-state index in [4.69, 9.17) is 5.73 Å². The van der Waals surface area contributed by atoms with Crippen LogP contribution in [-0.4, -0.2) is 14.7 Å². The third-order valence-electron chi connectivity index (χ3n) is 2.36. The third-order valence-corrected chi connectivity index (χ3v) is 3.02. The topological polar surface area (TPSA) is 64.1 Å². The third kappa shape index (κ3) is 2.43. The Morgan fingerprint density at radius 1 is 1.50 bits per heavy atom. The maximum absolute atomic E-state index is 9.36. The van der Waals surface area contributed by atoms with Crippen molar-refractivity contribution in [2.75, 3.05) is 0 Å². The van der Waals surface area contributed by atoms with Crippen LogP contribution in [0.15, 0.2) is 41.4 Å². The van der Waals surface area contributed by atoms with E-state index in [0.29, 0.717) is 6.54 Å². The predicted octanol–water partition coefficient (Wildman–Crippen LogP) is 2.05. The first kappa shape index (κ1) is 11.2. The van der Waals surface area contributed by atoms with E-state index in [9.17, 15) is 5.11 Å². The van der Waals surface area contributed by atoms with Gasteiger partial charge in [-0.3, -0.25) is 0 Å². The first-order chi connectivity index (χ1) is 7.66. The number of nitrogens with two attached hydrogens (primary N) is 1. The molecule has 5 heteroatoms. The molecule has 1 unspecified atom stereocenters. The summed E-state index contributed by atoms with van der Waals surface area (Å²) in [4.78, 5) is 4.06. The zero-order valence-electron chi connectivity index (χ0n) is 8.55. The van der Waals surface area contributed by atoms with Crippen molar-refractivity contribution in [3.05, 3.63) is 47.0 Å². The molecule has 3 N–H and O–H groups in total. The minimum atomic E-state index is -0.169. The van der Waals surface area contributed by atoms with Gasteiger partial charge < -0.3 is 15.4 Å². The summed E-state index contributed by atoms with van der Waals surface area (Å²) in [5.74, 6) is 0.234. The smallest absolute Gasteiger partial charge is 0.177 e. The lowest BCUT2D eigenvalue weighted by molar-refractivity contribution is 0.472. The normalized spacial score (nSPS) is 12.6. The van der Waals surface area contributed by atoms with E-state index in [-0.39, 0.29) is 11.8 Å². The minimum absolute atomic E-state index is 0.169. The number of benzene rings is 1. The summed E-state index contributed by atoms with van der Waals surface area (Å²) in [6, 6.07) is 6.82. The Morgan fingerprint density at radius 2 is 2.31 bits per heavy atom. The van der Waals surface area contributed by atoms with Crippen LogP contribution < -0.4 is 5.73 Å². The molecule has 1 atom stereocenters. The number of aromatic nitrogens is 2. The first-order valence-corrected chi connectivity index (χ1v) is 5.67. The van der Waals surface area contributed by atoms with Crippen LogP contribution in [0.3, 0.4) is 0 Å². The fraction of sp³-hybridized carbons (Fsp3) is 0.182. The molecule has 16 heavy (non-hydrogen) atoms. The van der Waals surface area contributed by atoms with E-state index in [2.05, 4.69) is 20.9 Å². The average Bonchev–Trinajstić information content (AvgIpc) is 2.64. The molecule has 2 aromatic rings. The second kappa shape index (κ2) is 4.67. The number of phenolic OH excluding ortho intramolecular Hbond substituents is 1. The molecule has 2 rings (SSSR count). The van der Waals surface area contributed by atoms with Crippen molar-refractivity contribution in [1.29, 1.82) is 0 Å². The SMILES string of the molecule is NC(Cn1ccnc1Br)c1cccc(O)c1. The minimum Gasteiger partial charge on any atom is -0.508 e. The molecule has 1 aromatic carbocycles. The highest BCUT2D eigenvalue weighted by Gasteiger charge is 2.09. The summed E-state index contributed by atoms with van der Waals surface area (Å²) < 4.78 is 2.66. The Morgan fingerprint density at radius 3 is 2.94 bits per heavy atom. The van der Waals surface area contributed by atoms with Gasteiger partial charge in [-0.25, -0.2) is 4.98 Å². The number of rotatable bonds is 3. The van der Waals surface area contributed by atoms with Crippen LogP contribution >= 0.6 is 15.9 Å². The van der Waals surface area contributed by atoms with Gasteiger partial charge in [0.25, 0.3) is 0 Å². The highest BCUT2D eigenvalue weighted by atomic mass is 79.9. The first-order valence-electron chi connectivity index (χ1n) is 4.88. The fourth-order valence-corrected chi connectivity index (χ4v) is 1.90. The van der Waals surface area contributed by atoms with Crippen LogP contribution in [0.25, 0.3) is 0 Å². The van der Waals surface area contributed by atoms with Gasteiger partial charge in [-0.1, -0.05) is 12.1 Å². The monoisotopic (exact) mass is 281 g/mol. The van der Waals surface area contributed by atoms with Crippen molar-refractivity contribution in [1.82, 2.24) is 9.55 Å². The quantitative estimate of drug-likeness (QED) is 0.905. The maximum Gasteiger partial charge on any atom is 0.177 e. The van der Waals surface area contributed by atoms with Gasteiger partial charge in [0.1, 0.15) is 5.75 Å². The molecule has 0 spiro atoms. The Labute approximate surface area is 102 Å². The van der Waals surface area contributed by atoms with Crippen molar-refractivity contribution in [2.45, 2.75) is 12.6 Å². The predicted molar refractivity (Wildman–Crippen MR) is 65.0 cm³/mol. The molecule has 1 heterocycles. The van der Waals surface area contributed by atoms with Crippen LogP contribution in [-0.2, 0) is 6.54 Å². The number of hydrogen-bond donors (Lipinski definition) is 2. The van der Waals surface area contributed by atoms with Crippen molar-refractivity contribution >= 4 is 15.9 Å². The summed E-state index contributed by atoms with van der Waals surface area (Å²) >= 11 is 3.33. The lowest BCUT2D eigenvalue weighted by Gasteiger charge is -2.13. The number of nitrogens with zero attached hydrogens (tertiary/aromatic N) is 2.